The van der Waals surface area contributed by atoms with E-state index in [4.69, 9.17) is 5.11 Å². The maximum Gasteiger partial charge on any atom is 0.307 e. The largest absolute Gasteiger partial charge is 0.481 e. The molecule has 2 unspecified atom stereocenters. The molecule has 2 atom stereocenters. The third kappa shape index (κ3) is 2.94. The Labute approximate surface area is 123 Å². The number of nitrogens with zero attached hydrogens (tertiary/aromatic N) is 1. The summed E-state index contributed by atoms with van der Waals surface area (Å²) in [5, 5.41) is 9.09. The molecule has 1 aromatic carbocycles. The molecule has 0 spiro atoms. The highest BCUT2D eigenvalue weighted by Gasteiger charge is 2.39. The number of halogens is 1. The van der Waals surface area contributed by atoms with Gasteiger partial charge in [0.2, 0.25) is 10.0 Å². The molecule has 1 aliphatic rings. The van der Waals surface area contributed by atoms with Gasteiger partial charge in [-0.15, -0.1) is 0 Å². The van der Waals surface area contributed by atoms with Crippen LogP contribution in [0.5, 0.6) is 0 Å². The maximum atomic E-state index is 14.0. The number of rotatable bonds is 3. The molecule has 7 heteroatoms. The lowest BCUT2D eigenvalue weighted by Gasteiger charge is -2.35. The standard InChI is InChI=1S/C14H18FNO4S/c1-9-4-3-5-12(15)13(9)21(19,20)16-8-11(14(17)18)7-6-10(16)2/h3-5,10-11H,6-8H2,1-2H3,(H,17,18). The second-order valence-electron chi connectivity index (χ2n) is 5.42. The van der Waals surface area contributed by atoms with E-state index < -0.39 is 27.7 Å². The smallest absolute Gasteiger partial charge is 0.307 e. The van der Waals surface area contributed by atoms with Crippen molar-refractivity contribution in [2.24, 2.45) is 5.92 Å². The average molecular weight is 315 g/mol. The van der Waals surface area contributed by atoms with E-state index in [2.05, 4.69) is 0 Å². The van der Waals surface area contributed by atoms with Gasteiger partial charge < -0.3 is 5.11 Å². The van der Waals surface area contributed by atoms with Gasteiger partial charge >= 0.3 is 5.97 Å². The van der Waals surface area contributed by atoms with Crippen LogP contribution >= 0.6 is 0 Å². The minimum Gasteiger partial charge on any atom is -0.481 e. The Bertz CT molecular complexity index is 639. The molecule has 0 saturated carbocycles. The highest BCUT2D eigenvalue weighted by atomic mass is 32.2. The van der Waals surface area contributed by atoms with Crippen molar-refractivity contribution < 1.29 is 22.7 Å². The molecule has 0 aromatic heterocycles. The van der Waals surface area contributed by atoms with Gasteiger partial charge in [-0.1, -0.05) is 12.1 Å². The Hall–Kier alpha value is -1.47. The highest BCUT2D eigenvalue weighted by Crippen LogP contribution is 2.30. The molecule has 1 fully saturated rings. The number of benzene rings is 1. The number of carboxylic acids is 1. The van der Waals surface area contributed by atoms with E-state index in [1.165, 1.54) is 19.1 Å². The molecule has 21 heavy (non-hydrogen) atoms. The third-order valence-corrected chi connectivity index (χ3v) is 6.06. The number of aryl methyl sites for hydroxylation is 1. The topological polar surface area (TPSA) is 74.7 Å². The Kier molecular flexibility index (Phi) is 4.34. The fraction of sp³-hybridized carbons (Fsp3) is 0.500. The fourth-order valence-corrected chi connectivity index (χ4v) is 4.65. The van der Waals surface area contributed by atoms with Crippen LogP contribution in [0.4, 0.5) is 4.39 Å². The first kappa shape index (κ1) is 15.9. The summed E-state index contributed by atoms with van der Waals surface area (Å²) < 4.78 is 40.5. The lowest BCUT2D eigenvalue weighted by atomic mass is 9.96. The van der Waals surface area contributed by atoms with Crippen LogP contribution in [0, 0.1) is 18.7 Å². The van der Waals surface area contributed by atoms with E-state index >= 15 is 0 Å². The average Bonchev–Trinajstić information content (AvgIpc) is 2.38. The first-order chi connectivity index (χ1) is 9.75. The molecule has 0 aliphatic carbocycles. The second kappa shape index (κ2) is 5.73. The normalized spacial score (nSPS) is 24.0. The van der Waals surface area contributed by atoms with Gasteiger partial charge in [0.1, 0.15) is 10.7 Å². The monoisotopic (exact) mass is 315 g/mol. The van der Waals surface area contributed by atoms with Crippen LogP contribution in [-0.4, -0.2) is 36.4 Å². The van der Waals surface area contributed by atoms with Crippen LogP contribution in [0.15, 0.2) is 23.1 Å². The summed E-state index contributed by atoms with van der Waals surface area (Å²) in [6, 6.07) is 3.73. The number of sulfonamides is 1. The van der Waals surface area contributed by atoms with Crippen LogP contribution in [0.1, 0.15) is 25.3 Å². The molecule has 1 saturated heterocycles. The quantitative estimate of drug-likeness (QED) is 0.926. The fourth-order valence-electron chi connectivity index (χ4n) is 2.67. The summed E-state index contributed by atoms with van der Waals surface area (Å²) in [4.78, 5) is 10.7. The number of hydrogen-bond acceptors (Lipinski definition) is 3. The zero-order valence-electron chi connectivity index (χ0n) is 11.9. The molecule has 116 valence electrons. The molecule has 2 rings (SSSR count). The minimum absolute atomic E-state index is 0.118. The van der Waals surface area contributed by atoms with E-state index in [0.717, 1.165) is 10.4 Å². The number of aliphatic carboxylic acids is 1. The van der Waals surface area contributed by atoms with Crippen LogP contribution < -0.4 is 0 Å². The molecular weight excluding hydrogens is 297 g/mol. The van der Waals surface area contributed by atoms with E-state index in [0.29, 0.717) is 18.4 Å². The van der Waals surface area contributed by atoms with Gasteiger partial charge in [-0.3, -0.25) is 4.79 Å². The zero-order chi connectivity index (χ0) is 15.8. The van der Waals surface area contributed by atoms with Gasteiger partial charge in [0.25, 0.3) is 0 Å². The van der Waals surface area contributed by atoms with Gasteiger partial charge in [0.05, 0.1) is 5.92 Å². The zero-order valence-corrected chi connectivity index (χ0v) is 12.7. The van der Waals surface area contributed by atoms with Gasteiger partial charge in [0.15, 0.2) is 0 Å². The van der Waals surface area contributed by atoms with Crippen molar-refractivity contribution in [3.8, 4) is 0 Å². The van der Waals surface area contributed by atoms with Crippen LogP contribution in [0.3, 0.4) is 0 Å². The number of carboxylic acid groups (broad SMARTS) is 1. The summed E-state index contributed by atoms with van der Waals surface area (Å²) in [6.45, 7) is 3.12. The number of carbonyl (C=O) groups is 1. The first-order valence-electron chi connectivity index (χ1n) is 6.75. The summed E-state index contributed by atoms with van der Waals surface area (Å²) in [5.41, 5.74) is 0.319. The summed E-state index contributed by atoms with van der Waals surface area (Å²) >= 11 is 0. The Morgan fingerprint density at radius 2 is 2.05 bits per heavy atom. The van der Waals surface area contributed by atoms with E-state index in [1.54, 1.807) is 6.92 Å². The van der Waals surface area contributed by atoms with Crippen molar-refractivity contribution in [1.29, 1.82) is 0 Å². The van der Waals surface area contributed by atoms with Crippen molar-refractivity contribution in [2.75, 3.05) is 6.54 Å². The summed E-state index contributed by atoms with van der Waals surface area (Å²) in [5.74, 6) is -2.57. The molecule has 1 aromatic rings. The van der Waals surface area contributed by atoms with Crippen LogP contribution in [0.25, 0.3) is 0 Å². The SMILES string of the molecule is Cc1cccc(F)c1S(=O)(=O)N1CC(C(=O)O)CCC1C. The number of piperidine rings is 1. The van der Waals surface area contributed by atoms with Crippen molar-refractivity contribution in [2.45, 2.75) is 37.6 Å². The Morgan fingerprint density at radius 3 is 2.62 bits per heavy atom. The van der Waals surface area contributed by atoms with Gasteiger partial charge in [-0.2, -0.15) is 4.31 Å². The number of hydrogen-bond donors (Lipinski definition) is 1. The molecule has 1 aliphatic heterocycles. The van der Waals surface area contributed by atoms with Crippen LogP contribution in [-0.2, 0) is 14.8 Å². The summed E-state index contributed by atoms with van der Waals surface area (Å²) in [6.07, 6.45) is 0.877. The Balaban J connectivity index is 2.45. The molecule has 0 radical (unpaired) electrons. The second-order valence-corrected chi connectivity index (χ2v) is 7.25. The van der Waals surface area contributed by atoms with E-state index in [1.807, 2.05) is 0 Å². The van der Waals surface area contributed by atoms with Crippen molar-refractivity contribution in [3.63, 3.8) is 0 Å². The summed E-state index contributed by atoms with van der Waals surface area (Å²) in [7, 11) is -4.04. The van der Waals surface area contributed by atoms with E-state index in [-0.39, 0.29) is 17.5 Å². The predicted octanol–water partition coefficient (Wildman–Crippen LogP) is 2.01. The molecule has 1 heterocycles. The molecule has 0 bridgehead atoms. The lowest BCUT2D eigenvalue weighted by Crippen LogP contribution is -2.47. The molecule has 5 nitrogen and oxygen atoms in total. The predicted molar refractivity (Wildman–Crippen MR) is 74.9 cm³/mol. The van der Waals surface area contributed by atoms with Crippen molar-refractivity contribution >= 4 is 16.0 Å². The molecule has 0 amide bonds. The maximum absolute atomic E-state index is 14.0. The molecular formula is C14H18FNO4S. The van der Waals surface area contributed by atoms with E-state index in [9.17, 15) is 17.6 Å². The lowest BCUT2D eigenvalue weighted by molar-refractivity contribution is -0.143. The van der Waals surface area contributed by atoms with Gasteiger partial charge in [0, 0.05) is 12.6 Å². The Morgan fingerprint density at radius 1 is 1.38 bits per heavy atom. The third-order valence-electron chi connectivity index (χ3n) is 3.90. The van der Waals surface area contributed by atoms with Gasteiger partial charge in [-0.05, 0) is 38.3 Å². The van der Waals surface area contributed by atoms with Gasteiger partial charge in [-0.25, -0.2) is 12.8 Å². The van der Waals surface area contributed by atoms with Crippen molar-refractivity contribution in [3.05, 3.63) is 29.6 Å². The van der Waals surface area contributed by atoms with Crippen LogP contribution in [0.2, 0.25) is 0 Å². The first-order valence-corrected chi connectivity index (χ1v) is 8.19. The minimum atomic E-state index is -4.04. The molecule has 1 N–H and O–H groups in total. The highest BCUT2D eigenvalue weighted by molar-refractivity contribution is 7.89. The van der Waals surface area contributed by atoms with Crippen molar-refractivity contribution in [1.82, 2.24) is 4.31 Å².